The van der Waals surface area contributed by atoms with Gasteiger partial charge >= 0.3 is 0 Å². The maximum Gasteiger partial charge on any atom is 0.00257 e. The third-order valence-electron chi connectivity index (χ3n) is 3.73. The highest BCUT2D eigenvalue weighted by atomic mass is 15.2. The number of rotatable bonds is 3. The van der Waals surface area contributed by atoms with Crippen molar-refractivity contribution in [3.8, 4) is 0 Å². The highest BCUT2D eigenvalue weighted by molar-refractivity contribution is 4.91. The van der Waals surface area contributed by atoms with E-state index in [0.717, 1.165) is 17.8 Å². The lowest BCUT2D eigenvalue weighted by atomic mass is 10.0. The second kappa shape index (κ2) is 3.97. The van der Waals surface area contributed by atoms with Gasteiger partial charge in [0.2, 0.25) is 0 Å². The molecule has 2 aliphatic heterocycles. The Kier molecular flexibility index (Phi) is 2.89. The van der Waals surface area contributed by atoms with E-state index in [4.69, 9.17) is 0 Å². The Bertz CT molecular complexity index is 155. The molecule has 0 aromatic heterocycles. The van der Waals surface area contributed by atoms with E-state index in [0.29, 0.717) is 0 Å². The van der Waals surface area contributed by atoms with Gasteiger partial charge < -0.3 is 10.2 Å². The lowest BCUT2D eigenvalue weighted by Gasteiger charge is -2.20. The average Bonchev–Trinajstić information content (AvgIpc) is 2.63. The molecule has 2 aliphatic rings. The topological polar surface area (TPSA) is 15.3 Å². The summed E-state index contributed by atoms with van der Waals surface area (Å²) in [5.41, 5.74) is 0. The standard InChI is InChI=1S/C11H22N2/c1-3-9(2)6-13-7-10-4-12-5-11(10)8-13/h9-12H,3-8H2,1-2H3/t9?,10-,11+. The fourth-order valence-corrected chi connectivity index (χ4v) is 2.67. The van der Waals surface area contributed by atoms with Gasteiger partial charge in [0.15, 0.2) is 0 Å². The molecule has 76 valence electrons. The van der Waals surface area contributed by atoms with E-state index in [9.17, 15) is 0 Å². The van der Waals surface area contributed by atoms with Gasteiger partial charge in [-0.05, 0) is 30.8 Å². The molecule has 0 saturated carbocycles. The fourth-order valence-electron chi connectivity index (χ4n) is 2.67. The van der Waals surface area contributed by atoms with Crippen LogP contribution in [-0.4, -0.2) is 37.6 Å². The minimum absolute atomic E-state index is 0.881. The molecule has 0 aromatic carbocycles. The van der Waals surface area contributed by atoms with Crippen molar-refractivity contribution in [3.05, 3.63) is 0 Å². The molecule has 2 heterocycles. The summed E-state index contributed by atoms with van der Waals surface area (Å²) in [5.74, 6) is 2.81. The summed E-state index contributed by atoms with van der Waals surface area (Å²) in [4.78, 5) is 2.67. The normalized spacial score (nSPS) is 36.5. The number of hydrogen-bond acceptors (Lipinski definition) is 2. The number of fused-ring (bicyclic) bond motifs is 1. The van der Waals surface area contributed by atoms with E-state index in [2.05, 4.69) is 24.1 Å². The van der Waals surface area contributed by atoms with E-state index in [1.165, 1.54) is 39.1 Å². The molecule has 0 aromatic rings. The molecule has 2 nitrogen and oxygen atoms in total. The van der Waals surface area contributed by atoms with Gasteiger partial charge in [0.1, 0.15) is 0 Å². The van der Waals surface area contributed by atoms with Crippen LogP contribution in [0.2, 0.25) is 0 Å². The van der Waals surface area contributed by atoms with Crippen LogP contribution in [0.5, 0.6) is 0 Å². The lowest BCUT2D eigenvalue weighted by molar-refractivity contribution is 0.266. The van der Waals surface area contributed by atoms with Crippen LogP contribution in [-0.2, 0) is 0 Å². The molecule has 2 heteroatoms. The van der Waals surface area contributed by atoms with Gasteiger partial charge in [-0.1, -0.05) is 20.3 Å². The second-order valence-electron chi connectivity index (χ2n) is 4.91. The molecule has 2 fully saturated rings. The summed E-state index contributed by atoms with van der Waals surface area (Å²) < 4.78 is 0. The van der Waals surface area contributed by atoms with E-state index in [-0.39, 0.29) is 0 Å². The molecule has 1 N–H and O–H groups in total. The van der Waals surface area contributed by atoms with Crippen molar-refractivity contribution in [2.45, 2.75) is 20.3 Å². The number of nitrogens with one attached hydrogen (secondary N) is 1. The summed E-state index contributed by atoms with van der Waals surface area (Å²) >= 11 is 0. The van der Waals surface area contributed by atoms with E-state index in [1.807, 2.05) is 0 Å². The Morgan fingerprint density at radius 3 is 2.46 bits per heavy atom. The molecule has 3 atom stereocenters. The summed E-state index contributed by atoms with van der Waals surface area (Å²) in [6.45, 7) is 11.2. The van der Waals surface area contributed by atoms with Crippen molar-refractivity contribution in [3.63, 3.8) is 0 Å². The quantitative estimate of drug-likeness (QED) is 0.705. The Hall–Kier alpha value is -0.0800. The molecule has 0 bridgehead atoms. The molecule has 2 saturated heterocycles. The zero-order chi connectivity index (χ0) is 9.26. The Morgan fingerprint density at radius 1 is 1.31 bits per heavy atom. The molecule has 13 heavy (non-hydrogen) atoms. The largest absolute Gasteiger partial charge is 0.316 e. The summed E-state index contributed by atoms with van der Waals surface area (Å²) in [6.07, 6.45) is 1.32. The Labute approximate surface area is 81.7 Å². The van der Waals surface area contributed by atoms with Crippen LogP contribution in [0.15, 0.2) is 0 Å². The third kappa shape index (κ3) is 2.05. The van der Waals surface area contributed by atoms with Gasteiger partial charge in [-0.2, -0.15) is 0 Å². The first-order chi connectivity index (χ1) is 6.29. The molecular weight excluding hydrogens is 160 g/mol. The van der Waals surface area contributed by atoms with Crippen molar-refractivity contribution >= 4 is 0 Å². The Morgan fingerprint density at radius 2 is 1.92 bits per heavy atom. The minimum Gasteiger partial charge on any atom is -0.316 e. The minimum atomic E-state index is 0.881. The molecule has 1 unspecified atom stereocenters. The van der Waals surface area contributed by atoms with Gasteiger partial charge in [0.05, 0.1) is 0 Å². The molecule has 0 spiro atoms. The van der Waals surface area contributed by atoms with Crippen LogP contribution >= 0.6 is 0 Å². The third-order valence-corrected chi connectivity index (χ3v) is 3.73. The van der Waals surface area contributed by atoms with E-state index >= 15 is 0 Å². The van der Waals surface area contributed by atoms with Gasteiger partial charge in [0.25, 0.3) is 0 Å². The van der Waals surface area contributed by atoms with E-state index < -0.39 is 0 Å². The highest BCUT2D eigenvalue weighted by Gasteiger charge is 2.35. The fraction of sp³-hybridized carbons (Fsp3) is 1.00. The zero-order valence-corrected chi connectivity index (χ0v) is 8.92. The van der Waals surface area contributed by atoms with Crippen molar-refractivity contribution < 1.29 is 0 Å². The second-order valence-corrected chi connectivity index (χ2v) is 4.91. The summed E-state index contributed by atoms with van der Waals surface area (Å²) in [7, 11) is 0. The molecule has 0 amide bonds. The number of hydrogen-bond donors (Lipinski definition) is 1. The SMILES string of the molecule is CCC(C)CN1C[C@H]2CNC[C@H]2C1. The lowest BCUT2D eigenvalue weighted by Crippen LogP contribution is -2.29. The zero-order valence-electron chi connectivity index (χ0n) is 8.92. The van der Waals surface area contributed by atoms with Gasteiger partial charge in [-0.3, -0.25) is 0 Å². The summed E-state index contributed by atoms with van der Waals surface area (Å²) in [5, 5.41) is 3.49. The predicted molar refractivity (Wildman–Crippen MR) is 55.7 cm³/mol. The maximum atomic E-state index is 3.49. The molecule has 0 aliphatic carbocycles. The van der Waals surface area contributed by atoms with Crippen LogP contribution in [0.3, 0.4) is 0 Å². The molecule has 2 rings (SSSR count). The smallest absolute Gasteiger partial charge is 0.00257 e. The van der Waals surface area contributed by atoms with Crippen molar-refractivity contribution in [2.24, 2.45) is 17.8 Å². The van der Waals surface area contributed by atoms with Crippen LogP contribution in [0.4, 0.5) is 0 Å². The van der Waals surface area contributed by atoms with Gasteiger partial charge in [-0.25, -0.2) is 0 Å². The number of nitrogens with zero attached hydrogens (tertiary/aromatic N) is 1. The first kappa shape index (κ1) is 9.47. The molecule has 0 radical (unpaired) electrons. The van der Waals surface area contributed by atoms with Crippen molar-refractivity contribution in [2.75, 3.05) is 32.7 Å². The maximum absolute atomic E-state index is 3.49. The van der Waals surface area contributed by atoms with Gasteiger partial charge in [-0.15, -0.1) is 0 Å². The average molecular weight is 182 g/mol. The van der Waals surface area contributed by atoms with Crippen molar-refractivity contribution in [1.29, 1.82) is 0 Å². The first-order valence-corrected chi connectivity index (χ1v) is 5.72. The van der Waals surface area contributed by atoms with E-state index in [1.54, 1.807) is 0 Å². The van der Waals surface area contributed by atoms with Crippen LogP contribution in [0.25, 0.3) is 0 Å². The predicted octanol–water partition coefficient (Wildman–Crippen LogP) is 1.18. The highest BCUT2D eigenvalue weighted by Crippen LogP contribution is 2.26. The van der Waals surface area contributed by atoms with Gasteiger partial charge in [0, 0.05) is 19.6 Å². The summed E-state index contributed by atoms with van der Waals surface area (Å²) in [6, 6.07) is 0. The van der Waals surface area contributed by atoms with Crippen molar-refractivity contribution in [1.82, 2.24) is 10.2 Å². The van der Waals surface area contributed by atoms with Crippen LogP contribution < -0.4 is 5.32 Å². The number of likely N-dealkylation sites (tertiary alicyclic amines) is 1. The van der Waals surface area contributed by atoms with Crippen LogP contribution in [0, 0.1) is 17.8 Å². The molecular formula is C11H22N2. The monoisotopic (exact) mass is 182 g/mol. The van der Waals surface area contributed by atoms with Crippen LogP contribution in [0.1, 0.15) is 20.3 Å². The first-order valence-electron chi connectivity index (χ1n) is 5.72. The Balaban J connectivity index is 1.78.